The molecule has 0 radical (unpaired) electrons. The van der Waals surface area contributed by atoms with E-state index in [1.807, 2.05) is 30.3 Å². The highest BCUT2D eigenvalue weighted by Gasteiger charge is 2.09. The van der Waals surface area contributed by atoms with Crippen molar-refractivity contribution in [1.29, 1.82) is 0 Å². The van der Waals surface area contributed by atoms with Crippen LogP contribution in [0.3, 0.4) is 0 Å². The molecule has 0 amide bonds. The van der Waals surface area contributed by atoms with Crippen LogP contribution >= 0.6 is 0 Å². The molecule has 86 valence electrons. The first-order valence-corrected chi connectivity index (χ1v) is 5.65. The van der Waals surface area contributed by atoms with E-state index in [0.717, 1.165) is 33.3 Å². The molecule has 0 atom stereocenters. The van der Waals surface area contributed by atoms with E-state index in [2.05, 4.69) is 31.4 Å². The number of aromatic amines is 2. The van der Waals surface area contributed by atoms with Crippen LogP contribution in [0.1, 0.15) is 0 Å². The van der Waals surface area contributed by atoms with Crippen LogP contribution in [0.4, 0.5) is 0 Å². The van der Waals surface area contributed by atoms with E-state index in [9.17, 15) is 0 Å². The highest BCUT2D eigenvalue weighted by atomic mass is 15.3. The monoisotopic (exact) mass is 235 g/mol. The largest absolute Gasteiger partial charge is 0.339 e. The van der Waals surface area contributed by atoms with Crippen molar-refractivity contribution in [3.05, 3.63) is 42.6 Å². The Labute approximate surface area is 102 Å². The summed E-state index contributed by atoms with van der Waals surface area (Å²) >= 11 is 0. The third-order valence-electron chi connectivity index (χ3n) is 3.03. The molecule has 0 saturated heterocycles. The second-order valence-electron chi connectivity index (χ2n) is 4.12. The lowest BCUT2D eigenvalue weighted by atomic mass is 10.1. The molecular weight excluding hydrogens is 226 g/mol. The summed E-state index contributed by atoms with van der Waals surface area (Å²) < 4.78 is 0. The van der Waals surface area contributed by atoms with Gasteiger partial charge in [0.2, 0.25) is 0 Å². The van der Waals surface area contributed by atoms with Gasteiger partial charge in [-0.15, -0.1) is 0 Å². The van der Waals surface area contributed by atoms with Crippen molar-refractivity contribution in [3.8, 4) is 11.3 Å². The van der Waals surface area contributed by atoms with E-state index in [4.69, 9.17) is 0 Å². The highest BCUT2D eigenvalue weighted by molar-refractivity contribution is 5.93. The van der Waals surface area contributed by atoms with E-state index in [1.54, 1.807) is 6.20 Å². The molecule has 0 aliphatic carbocycles. The lowest BCUT2D eigenvalue weighted by Crippen LogP contribution is -1.80. The lowest BCUT2D eigenvalue weighted by molar-refractivity contribution is 0.959. The predicted molar refractivity (Wildman–Crippen MR) is 69.0 cm³/mol. The van der Waals surface area contributed by atoms with Crippen LogP contribution in [0.5, 0.6) is 0 Å². The lowest BCUT2D eigenvalue weighted by Gasteiger charge is -1.97. The topological polar surface area (TPSA) is 70.2 Å². The number of para-hydroxylation sites is 1. The molecule has 0 saturated carbocycles. The van der Waals surface area contributed by atoms with E-state index < -0.39 is 0 Å². The molecule has 3 aromatic heterocycles. The molecule has 18 heavy (non-hydrogen) atoms. The van der Waals surface area contributed by atoms with Crippen molar-refractivity contribution in [1.82, 2.24) is 25.4 Å². The number of H-pyrrole nitrogens is 2. The standard InChI is InChI=1S/C13H9N5/c1-4-9(12-10(5-1)16-18-17-12)11-7-8-3-2-6-14-13(8)15-11/h1-7H,(H,14,15)(H,16,17,18). The molecule has 5 nitrogen and oxygen atoms in total. The maximum absolute atomic E-state index is 4.30. The Balaban J connectivity index is 2.04. The zero-order valence-electron chi connectivity index (χ0n) is 9.38. The SMILES string of the molecule is c1cnc2[nH]c(-c3cccc4n[nH]nc34)cc2c1. The number of aromatic nitrogens is 5. The maximum Gasteiger partial charge on any atom is 0.137 e. The summed E-state index contributed by atoms with van der Waals surface area (Å²) in [5, 5.41) is 12.0. The number of nitrogens with one attached hydrogen (secondary N) is 2. The van der Waals surface area contributed by atoms with Gasteiger partial charge in [0.25, 0.3) is 0 Å². The Bertz CT molecular complexity index is 809. The maximum atomic E-state index is 4.30. The van der Waals surface area contributed by atoms with E-state index in [-0.39, 0.29) is 0 Å². The molecule has 0 aliphatic rings. The predicted octanol–water partition coefficient (Wildman–Crippen LogP) is 2.50. The van der Waals surface area contributed by atoms with Crippen molar-refractivity contribution in [3.63, 3.8) is 0 Å². The molecule has 4 aromatic rings. The fourth-order valence-electron chi connectivity index (χ4n) is 2.19. The number of hydrogen-bond acceptors (Lipinski definition) is 3. The van der Waals surface area contributed by atoms with Crippen LogP contribution in [0.2, 0.25) is 0 Å². The molecule has 5 heteroatoms. The molecule has 2 N–H and O–H groups in total. The van der Waals surface area contributed by atoms with Crippen LogP contribution in [0.15, 0.2) is 42.6 Å². The summed E-state index contributed by atoms with van der Waals surface area (Å²) in [5.41, 5.74) is 4.64. The van der Waals surface area contributed by atoms with Gasteiger partial charge in [-0.3, -0.25) is 0 Å². The summed E-state index contributed by atoms with van der Waals surface area (Å²) in [6.45, 7) is 0. The third kappa shape index (κ3) is 1.24. The molecule has 1 aromatic carbocycles. The molecule has 0 aliphatic heterocycles. The van der Waals surface area contributed by atoms with Gasteiger partial charge in [-0.1, -0.05) is 12.1 Å². The summed E-state index contributed by atoms with van der Waals surface area (Å²) in [6.07, 6.45) is 1.78. The second-order valence-corrected chi connectivity index (χ2v) is 4.12. The molecule has 3 heterocycles. The average Bonchev–Trinajstić information content (AvgIpc) is 3.04. The Morgan fingerprint density at radius 3 is 2.94 bits per heavy atom. The molecule has 0 spiro atoms. The van der Waals surface area contributed by atoms with E-state index >= 15 is 0 Å². The molecular formula is C13H9N5. The Kier molecular flexibility index (Phi) is 1.77. The van der Waals surface area contributed by atoms with Crippen LogP contribution in [0.25, 0.3) is 33.3 Å². The Morgan fingerprint density at radius 1 is 1.00 bits per heavy atom. The minimum atomic E-state index is 0.860. The fourth-order valence-corrected chi connectivity index (χ4v) is 2.19. The number of pyridine rings is 1. The van der Waals surface area contributed by atoms with E-state index in [1.165, 1.54) is 0 Å². The number of fused-ring (bicyclic) bond motifs is 2. The zero-order valence-corrected chi connectivity index (χ0v) is 9.38. The van der Waals surface area contributed by atoms with E-state index in [0.29, 0.717) is 0 Å². The van der Waals surface area contributed by atoms with Crippen LogP contribution in [-0.4, -0.2) is 25.4 Å². The number of benzene rings is 1. The summed E-state index contributed by atoms with van der Waals surface area (Å²) in [4.78, 5) is 7.60. The highest BCUT2D eigenvalue weighted by Crippen LogP contribution is 2.27. The van der Waals surface area contributed by atoms with Gasteiger partial charge in [-0.25, -0.2) is 4.98 Å². The van der Waals surface area contributed by atoms with Crippen molar-refractivity contribution < 1.29 is 0 Å². The van der Waals surface area contributed by atoms with Gasteiger partial charge in [-0.05, 0) is 24.3 Å². The smallest absolute Gasteiger partial charge is 0.137 e. The first kappa shape index (κ1) is 9.35. The zero-order chi connectivity index (χ0) is 11.9. The normalized spacial score (nSPS) is 11.3. The quantitative estimate of drug-likeness (QED) is 0.532. The minimum Gasteiger partial charge on any atom is -0.339 e. The van der Waals surface area contributed by atoms with Crippen LogP contribution in [0, 0.1) is 0 Å². The van der Waals surface area contributed by atoms with Crippen LogP contribution < -0.4 is 0 Å². The van der Waals surface area contributed by atoms with Crippen molar-refractivity contribution in [2.45, 2.75) is 0 Å². The number of rotatable bonds is 1. The first-order chi connectivity index (χ1) is 8.92. The van der Waals surface area contributed by atoms with Gasteiger partial charge in [0.15, 0.2) is 0 Å². The molecule has 0 unspecified atom stereocenters. The number of hydrogen-bond donors (Lipinski definition) is 2. The average molecular weight is 235 g/mol. The third-order valence-corrected chi connectivity index (χ3v) is 3.03. The van der Waals surface area contributed by atoms with Crippen molar-refractivity contribution in [2.75, 3.05) is 0 Å². The van der Waals surface area contributed by atoms with Gasteiger partial charge < -0.3 is 4.98 Å². The first-order valence-electron chi connectivity index (χ1n) is 5.65. The number of nitrogens with zero attached hydrogens (tertiary/aromatic N) is 3. The van der Waals surface area contributed by atoms with Gasteiger partial charge in [0, 0.05) is 22.8 Å². The van der Waals surface area contributed by atoms with Gasteiger partial charge in [-0.2, -0.15) is 15.4 Å². The van der Waals surface area contributed by atoms with Gasteiger partial charge >= 0.3 is 0 Å². The summed E-state index contributed by atoms with van der Waals surface area (Å²) in [6, 6.07) is 12.0. The molecule has 0 fully saturated rings. The molecule has 0 bridgehead atoms. The Morgan fingerprint density at radius 2 is 2.00 bits per heavy atom. The van der Waals surface area contributed by atoms with Gasteiger partial charge in [0.1, 0.15) is 16.7 Å². The van der Waals surface area contributed by atoms with Crippen LogP contribution in [-0.2, 0) is 0 Å². The molecule has 4 rings (SSSR count). The van der Waals surface area contributed by atoms with Crippen molar-refractivity contribution >= 4 is 22.1 Å². The summed E-state index contributed by atoms with van der Waals surface area (Å²) in [5.74, 6) is 0. The van der Waals surface area contributed by atoms with Crippen molar-refractivity contribution in [2.24, 2.45) is 0 Å². The minimum absolute atomic E-state index is 0.860. The summed E-state index contributed by atoms with van der Waals surface area (Å²) in [7, 11) is 0. The second kappa shape index (κ2) is 3.40. The Hall–Kier alpha value is -2.69. The van der Waals surface area contributed by atoms with Gasteiger partial charge in [0.05, 0.1) is 0 Å². The fraction of sp³-hybridized carbons (Fsp3) is 0.